The first kappa shape index (κ1) is 9.27. The summed E-state index contributed by atoms with van der Waals surface area (Å²) in [6.45, 7) is 5.83. The van der Waals surface area contributed by atoms with Gasteiger partial charge in [-0.3, -0.25) is 4.79 Å². The number of piperazine rings is 1. The number of pyridine rings is 1. The van der Waals surface area contributed by atoms with Gasteiger partial charge >= 0.3 is 0 Å². The van der Waals surface area contributed by atoms with E-state index in [1.165, 1.54) is 0 Å². The molecule has 76 valence electrons. The van der Waals surface area contributed by atoms with E-state index in [0.29, 0.717) is 0 Å². The van der Waals surface area contributed by atoms with Crippen LogP contribution in [0.4, 0.5) is 5.82 Å². The Morgan fingerprint density at radius 2 is 2.00 bits per heavy atom. The average Bonchev–Trinajstić information content (AvgIpc) is 2.18. The van der Waals surface area contributed by atoms with E-state index in [1.54, 1.807) is 6.07 Å². The van der Waals surface area contributed by atoms with Gasteiger partial charge < -0.3 is 15.2 Å². The van der Waals surface area contributed by atoms with E-state index in [1.807, 2.05) is 13.0 Å². The van der Waals surface area contributed by atoms with Crippen LogP contribution in [0.25, 0.3) is 0 Å². The number of hydrogen-bond acceptors (Lipinski definition) is 3. The standard InChI is InChI=1S/C10H15N3O/c1-8-6-9(12-10(14)7-8)13-4-2-11-3-5-13/h6-7,11H,2-5H2,1H3,(H,12,14). The first-order valence-corrected chi connectivity index (χ1v) is 4.92. The fourth-order valence-electron chi connectivity index (χ4n) is 1.74. The van der Waals surface area contributed by atoms with Crippen molar-refractivity contribution >= 4 is 5.82 Å². The van der Waals surface area contributed by atoms with Crippen LogP contribution in [0.5, 0.6) is 0 Å². The minimum Gasteiger partial charge on any atom is -0.356 e. The fraction of sp³-hybridized carbons (Fsp3) is 0.500. The normalized spacial score (nSPS) is 17.1. The van der Waals surface area contributed by atoms with E-state index in [2.05, 4.69) is 15.2 Å². The molecular weight excluding hydrogens is 178 g/mol. The molecule has 0 spiro atoms. The van der Waals surface area contributed by atoms with Gasteiger partial charge in [-0.1, -0.05) is 0 Å². The molecule has 2 N–H and O–H groups in total. The summed E-state index contributed by atoms with van der Waals surface area (Å²) in [5.74, 6) is 0.941. The maximum Gasteiger partial charge on any atom is 0.249 e. The lowest BCUT2D eigenvalue weighted by atomic mass is 10.2. The molecule has 0 saturated carbocycles. The molecule has 1 aromatic heterocycles. The molecule has 0 aromatic carbocycles. The number of aromatic amines is 1. The largest absolute Gasteiger partial charge is 0.356 e. The maximum absolute atomic E-state index is 11.3. The zero-order valence-electron chi connectivity index (χ0n) is 8.34. The van der Waals surface area contributed by atoms with Crippen molar-refractivity contribution in [2.24, 2.45) is 0 Å². The van der Waals surface area contributed by atoms with Gasteiger partial charge in [-0.05, 0) is 18.6 Å². The Kier molecular flexibility index (Phi) is 2.54. The molecule has 4 nitrogen and oxygen atoms in total. The van der Waals surface area contributed by atoms with E-state index in [-0.39, 0.29) is 5.56 Å². The molecule has 0 aliphatic carbocycles. The van der Waals surface area contributed by atoms with Gasteiger partial charge in [-0.15, -0.1) is 0 Å². The molecule has 1 aliphatic rings. The summed E-state index contributed by atoms with van der Waals surface area (Å²) in [7, 11) is 0. The van der Waals surface area contributed by atoms with Gasteiger partial charge in [0.2, 0.25) is 5.56 Å². The van der Waals surface area contributed by atoms with Crippen molar-refractivity contribution < 1.29 is 0 Å². The van der Waals surface area contributed by atoms with Crippen LogP contribution in [-0.4, -0.2) is 31.2 Å². The zero-order chi connectivity index (χ0) is 9.97. The number of anilines is 1. The summed E-state index contributed by atoms with van der Waals surface area (Å²) in [5.41, 5.74) is 1.00. The molecule has 2 rings (SSSR count). The predicted octanol–water partition coefficient (Wildman–Crippen LogP) is 0.0929. The van der Waals surface area contributed by atoms with Crippen molar-refractivity contribution in [1.29, 1.82) is 0 Å². The molecule has 0 amide bonds. The van der Waals surface area contributed by atoms with Crippen LogP contribution in [0.2, 0.25) is 0 Å². The Labute approximate surface area is 82.9 Å². The summed E-state index contributed by atoms with van der Waals surface area (Å²) in [4.78, 5) is 16.3. The molecule has 0 atom stereocenters. The third-order valence-corrected chi connectivity index (χ3v) is 2.43. The Balaban J connectivity index is 2.26. The van der Waals surface area contributed by atoms with Crippen LogP contribution >= 0.6 is 0 Å². The molecule has 1 aliphatic heterocycles. The Bertz CT molecular complexity index is 366. The lowest BCUT2D eigenvalue weighted by molar-refractivity contribution is 0.584. The predicted molar refractivity (Wildman–Crippen MR) is 56.9 cm³/mol. The van der Waals surface area contributed by atoms with Crippen molar-refractivity contribution in [3.63, 3.8) is 0 Å². The molecule has 0 bridgehead atoms. The third-order valence-electron chi connectivity index (χ3n) is 2.43. The highest BCUT2D eigenvalue weighted by Crippen LogP contribution is 2.10. The van der Waals surface area contributed by atoms with E-state index in [0.717, 1.165) is 37.6 Å². The number of nitrogens with one attached hydrogen (secondary N) is 2. The second-order valence-corrected chi connectivity index (χ2v) is 3.64. The molecule has 2 heterocycles. The first-order valence-electron chi connectivity index (χ1n) is 4.92. The van der Waals surface area contributed by atoms with Crippen LogP contribution in [0.15, 0.2) is 16.9 Å². The lowest BCUT2D eigenvalue weighted by Crippen LogP contribution is -2.44. The highest BCUT2D eigenvalue weighted by atomic mass is 16.1. The molecule has 1 fully saturated rings. The molecule has 0 radical (unpaired) electrons. The van der Waals surface area contributed by atoms with Gasteiger partial charge in [-0.2, -0.15) is 0 Å². The van der Waals surface area contributed by atoms with Crippen molar-refractivity contribution in [1.82, 2.24) is 10.3 Å². The van der Waals surface area contributed by atoms with Crippen molar-refractivity contribution in [3.8, 4) is 0 Å². The Morgan fingerprint density at radius 1 is 1.29 bits per heavy atom. The van der Waals surface area contributed by atoms with Gasteiger partial charge in [0, 0.05) is 32.2 Å². The smallest absolute Gasteiger partial charge is 0.249 e. The van der Waals surface area contributed by atoms with Gasteiger partial charge in [0.05, 0.1) is 0 Å². The van der Waals surface area contributed by atoms with Gasteiger partial charge in [0.25, 0.3) is 0 Å². The summed E-state index contributed by atoms with van der Waals surface area (Å²) < 4.78 is 0. The molecule has 1 aromatic rings. The first-order chi connectivity index (χ1) is 6.75. The van der Waals surface area contributed by atoms with Gasteiger partial charge in [-0.25, -0.2) is 0 Å². The fourth-order valence-corrected chi connectivity index (χ4v) is 1.74. The highest BCUT2D eigenvalue weighted by molar-refractivity contribution is 5.41. The summed E-state index contributed by atoms with van der Waals surface area (Å²) in [5, 5.41) is 3.28. The quantitative estimate of drug-likeness (QED) is 0.664. The van der Waals surface area contributed by atoms with Gasteiger partial charge in [0.15, 0.2) is 0 Å². The summed E-state index contributed by atoms with van der Waals surface area (Å²) in [6.07, 6.45) is 0. The van der Waals surface area contributed by atoms with Gasteiger partial charge in [0.1, 0.15) is 5.82 Å². The second kappa shape index (κ2) is 3.84. The second-order valence-electron chi connectivity index (χ2n) is 3.64. The van der Waals surface area contributed by atoms with Crippen LogP contribution in [0, 0.1) is 6.92 Å². The molecule has 4 heteroatoms. The lowest BCUT2D eigenvalue weighted by Gasteiger charge is -2.28. The van der Waals surface area contributed by atoms with Crippen molar-refractivity contribution in [2.45, 2.75) is 6.92 Å². The summed E-state index contributed by atoms with van der Waals surface area (Å²) in [6, 6.07) is 3.64. The monoisotopic (exact) mass is 193 g/mol. The Hall–Kier alpha value is -1.29. The van der Waals surface area contributed by atoms with E-state index in [9.17, 15) is 4.79 Å². The van der Waals surface area contributed by atoms with Crippen LogP contribution in [0.1, 0.15) is 5.56 Å². The molecule has 1 saturated heterocycles. The van der Waals surface area contributed by atoms with E-state index in [4.69, 9.17) is 0 Å². The highest BCUT2D eigenvalue weighted by Gasteiger charge is 2.10. The Morgan fingerprint density at radius 3 is 2.64 bits per heavy atom. The van der Waals surface area contributed by atoms with Crippen LogP contribution in [0.3, 0.4) is 0 Å². The maximum atomic E-state index is 11.3. The third kappa shape index (κ3) is 1.96. The molecular formula is C10H15N3O. The van der Waals surface area contributed by atoms with E-state index >= 15 is 0 Å². The van der Waals surface area contributed by atoms with Crippen molar-refractivity contribution in [3.05, 3.63) is 28.0 Å². The minimum absolute atomic E-state index is 0.0152. The number of rotatable bonds is 1. The van der Waals surface area contributed by atoms with E-state index < -0.39 is 0 Å². The number of H-pyrrole nitrogens is 1. The number of nitrogens with zero attached hydrogens (tertiary/aromatic N) is 1. The average molecular weight is 193 g/mol. The van der Waals surface area contributed by atoms with Crippen molar-refractivity contribution in [2.75, 3.05) is 31.1 Å². The SMILES string of the molecule is Cc1cc(N2CCNCC2)[nH]c(=O)c1. The number of hydrogen-bond donors (Lipinski definition) is 2. The number of aromatic nitrogens is 1. The summed E-state index contributed by atoms with van der Waals surface area (Å²) >= 11 is 0. The molecule has 0 unspecified atom stereocenters. The molecule has 14 heavy (non-hydrogen) atoms. The number of aryl methyl sites for hydroxylation is 1. The minimum atomic E-state index is -0.0152. The van der Waals surface area contributed by atoms with Crippen LogP contribution in [-0.2, 0) is 0 Å². The van der Waals surface area contributed by atoms with Crippen LogP contribution < -0.4 is 15.8 Å². The zero-order valence-corrected chi connectivity index (χ0v) is 8.34. The topological polar surface area (TPSA) is 48.1 Å².